The van der Waals surface area contributed by atoms with Gasteiger partial charge in [-0.25, -0.2) is 0 Å². The molecule has 2 aromatic rings. The van der Waals surface area contributed by atoms with Gasteiger partial charge < -0.3 is 14.8 Å². The Morgan fingerprint density at radius 2 is 2.00 bits per heavy atom. The van der Waals surface area contributed by atoms with Crippen molar-refractivity contribution in [3.05, 3.63) is 59.2 Å². The van der Waals surface area contributed by atoms with Gasteiger partial charge in [0.15, 0.2) is 0 Å². The molecule has 1 fully saturated rings. The van der Waals surface area contributed by atoms with E-state index in [9.17, 15) is 4.79 Å². The molecule has 0 spiro atoms. The maximum atomic E-state index is 12.7. The fourth-order valence-corrected chi connectivity index (χ4v) is 3.59. The average Bonchev–Trinajstić information content (AvgIpc) is 3.31. The van der Waals surface area contributed by atoms with E-state index in [-0.39, 0.29) is 12.0 Å². The highest BCUT2D eigenvalue weighted by molar-refractivity contribution is 6.06. The zero-order valence-electron chi connectivity index (χ0n) is 14.3. The molecule has 1 aliphatic carbocycles. The van der Waals surface area contributed by atoms with E-state index in [1.807, 2.05) is 24.3 Å². The van der Waals surface area contributed by atoms with Crippen LogP contribution >= 0.6 is 0 Å². The Labute approximate surface area is 148 Å². The summed E-state index contributed by atoms with van der Waals surface area (Å²) >= 11 is 0. The van der Waals surface area contributed by atoms with Crippen molar-refractivity contribution >= 4 is 11.6 Å². The molecule has 4 rings (SSSR count). The third-order valence-corrected chi connectivity index (χ3v) is 4.94. The predicted octanol–water partition coefficient (Wildman–Crippen LogP) is 3.99. The SMILES string of the molecule is O=C(Nc1ccc2c(c1)CCC2)c1ccccc1OCC1CCCO1. The molecule has 0 aromatic heterocycles. The summed E-state index contributed by atoms with van der Waals surface area (Å²) in [4.78, 5) is 12.7. The third kappa shape index (κ3) is 3.69. The number of hydrogen-bond donors (Lipinski definition) is 1. The average molecular weight is 337 g/mol. The van der Waals surface area contributed by atoms with Crippen LogP contribution < -0.4 is 10.1 Å². The maximum Gasteiger partial charge on any atom is 0.259 e. The molecule has 1 unspecified atom stereocenters. The quantitative estimate of drug-likeness (QED) is 0.897. The lowest BCUT2D eigenvalue weighted by atomic mass is 10.1. The summed E-state index contributed by atoms with van der Waals surface area (Å²) in [7, 11) is 0. The lowest BCUT2D eigenvalue weighted by Gasteiger charge is -2.15. The van der Waals surface area contributed by atoms with Crippen LogP contribution in [-0.4, -0.2) is 25.2 Å². The molecule has 130 valence electrons. The Kier molecular flexibility index (Phi) is 4.70. The minimum atomic E-state index is -0.138. The molecule has 4 nitrogen and oxygen atoms in total. The van der Waals surface area contributed by atoms with E-state index in [1.54, 1.807) is 6.07 Å². The van der Waals surface area contributed by atoms with Crippen molar-refractivity contribution < 1.29 is 14.3 Å². The van der Waals surface area contributed by atoms with Crippen LogP contribution in [0.5, 0.6) is 5.75 Å². The smallest absolute Gasteiger partial charge is 0.259 e. The van der Waals surface area contributed by atoms with Gasteiger partial charge in [0.1, 0.15) is 12.4 Å². The molecule has 0 radical (unpaired) electrons. The molecule has 0 saturated carbocycles. The highest BCUT2D eigenvalue weighted by Gasteiger charge is 2.19. The van der Waals surface area contributed by atoms with Gasteiger partial charge in [-0.3, -0.25) is 4.79 Å². The standard InChI is InChI=1S/C21H23NO3/c23-21(22-17-11-10-15-5-3-6-16(15)13-17)19-8-1-2-9-20(19)25-14-18-7-4-12-24-18/h1-2,8-11,13,18H,3-7,12,14H2,(H,22,23). The number of ether oxygens (including phenoxy) is 2. The van der Waals surface area contributed by atoms with Gasteiger partial charge in [0.2, 0.25) is 0 Å². The number of nitrogens with one attached hydrogen (secondary N) is 1. The first-order valence-corrected chi connectivity index (χ1v) is 9.06. The second kappa shape index (κ2) is 7.28. The summed E-state index contributed by atoms with van der Waals surface area (Å²) < 4.78 is 11.5. The lowest BCUT2D eigenvalue weighted by Crippen LogP contribution is -2.19. The molecule has 1 atom stereocenters. The summed E-state index contributed by atoms with van der Waals surface area (Å²) in [6, 6.07) is 13.6. The Morgan fingerprint density at radius 1 is 1.12 bits per heavy atom. The van der Waals surface area contributed by atoms with E-state index in [0.717, 1.165) is 38.0 Å². The van der Waals surface area contributed by atoms with E-state index in [1.165, 1.54) is 17.5 Å². The van der Waals surface area contributed by atoms with Gasteiger partial charge in [0, 0.05) is 12.3 Å². The van der Waals surface area contributed by atoms with Crippen molar-refractivity contribution in [3.8, 4) is 5.75 Å². The van der Waals surface area contributed by atoms with E-state index in [0.29, 0.717) is 17.9 Å². The van der Waals surface area contributed by atoms with Gasteiger partial charge in [0.05, 0.1) is 11.7 Å². The van der Waals surface area contributed by atoms with E-state index >= 15 is 0 Å². The van der Waals surface area contributed by atoms with Gasteiger partial charge in [0.25, 0.3) is 5.91 Å². The number of aryl methyl sites for hydroxylation is 2. The lowest BCUT2D eigenvalue weighted by molar-refractivity contribution is 0.0673. The van der Waals surface area contributed by atoms with Crippen LogP contribution in [0.1, 0.15) is 40.7 Å². The summed E-state index contributed by atoms with van der Waals surface area (Å²) in [6.07, 6.45) is 5.67. The van der Waals surface area contributed by atoms with E-state index in [4.69, 9.17) is 9.47 Å². The number of rotatable bonds is 5. The Hall–Kier alpha value is -2.33. The Morgan fingerprint density at radius 3 is 2.88 bits per heavy atom. The molecule has 2 aromatic carbocycles. The predicted molar refractivity (Wildman–Crippen MR) is 97.3 cm³/mol. The minimum Gasteiger partial charge on any atom is -0.490 e. The number of para-hydroxylation sites is 1. The first-order chi connectivity index (χ1) is 12.3. The largest absolute Gasteiger partial charge is 0.490 e. The first-order valence-electron chi connectivity index (χ1n) is 9.06. The fraction of sp³-hybridized carbons (Fsp3) is 0.381. The van der Waals surface area contributed by atoms with Crippen LogP contribution in [0, 0.1) is 0 Å². The number of carbonyl (C=O) groups excluding carboxylic acids is 1. The number of carbonyl (C=O) groups is 1. The molecular formula is C21H23NO3. The molecule has 4 heteroatoms. The van der Waals surface area contributed by atoms with Gasteiger partial charge in [-0.15, -0.1) is 0 Å². The number of amides is 1. The number of fused-ring (bicyclic) bond motifs is 1. The molecule has 25 heavy (non-hydrogen) atoms. The zero-order valence-corrected chi connectivity index (χ0v) is 14.3. The number of hydrogen-bond acceptors (Lipinski definition) is 3. The van der Waals surface area contributed by atoms with E-state index < -0.39 is 0 Å². The Bertz CT molecular complexity index is 765. The summed E-state index contributed by atoms with van der Waals surface area (Å²) in [5.41, 5.74) is 4.15. The van der Waals surface area contributed by atoms with Crippen molar-refractivity contribution in [1.82, 2.24) is 0 Å². The van der Waals surface area contributed by atoms with Crippen molar-refractivity contribution in [1.29, 1.82) is 0 Å². The van der Waals surface area contributed by atoms with Crippen LogP contribution in [-0.2, 0) is 17.6 Å². The van der Waals surface area contributed by atoms with Crippen LogP contribution in [0.25, 0.3) is 0 Å². The second-order valence-corrected chi connectivity index (χ2v) is 6.73. The minimum absolute atomic E-state index is 0.132. The zero-order chi connectivity index (χ0) is 17.1. The van der Waals surface area contributed by atoms with Crippen LogP contribution in [0.3, 0.4) is 0 Å². The molecule has 1 N–H and O–H groups in total. The highest BCUT2D eigenvalue weighted by atomic mass is 16.5. The van der Waals surface area contributed by atoms with Gasteiger partial charge in [-0.1, -0.05) is 18.2 Å². The van der Waals surface area contributed by atoms with Gasteiger partial charge in [-0.2, -0.15) is 0 Å². The van der Waals surface area contributed by atoms with Gasteiger partial charge >= 0.3 is 0 Å². The number of benzene rings is 2. The van der Waals surface area contributed by atoms with Crippen molar-refractivity contribution in [2.75, 3.05) is 18.5 Å². The highest BCUT2D eigenvalue weighted by Crippen LogP contribution is 2.26. The molecule has 2 aliphatic rings. The van der Waals surface area contributed by atoms with Crippen LogP contribution in [0.15, 0.2) is 42.5 Å². The molecule has 1 aliphatic heterocycles. The maximum absolute atomic E-state index is 12.7. The molecular weight excluding hydrogens is 314 g/mol. The molecule has 0 bridgehead atoms. The second-order valence-electron chi connectivity index (χ2n) is 6.73. The number of anilines is 1. The van der Waals surface area contributed by atoms with E-state index in [2.05, 4.69) is 17.4 Å². The Balaban J connectivity index is 1.46. The normalized spacial score (nSPS) is 18.8. The molecule has 1 heterocycles. The third-order valence-electron chi connectivity index (χ3n) is 4.94. The van der Waals surface area contributed by atoms with Crippen molar-refractivity contribution in [2.24, 2.45) is 0 Å². The van der Waals surface area contributed by atoms with Crippen molar-refractivity contribution in [3.63, 3.8) is 0 Å². The summed E-state index contributed by atoms with van der Waals surface area (Å²) in [5.74, 6) is 0.470. The monoisotopic (exact) mass is 337 g/mol. The fourth-order valence-electron chi connectivity index (χ4n) is 3.59. The van der Waals surface area contributed by atoms with Crippen LogP contribution in [0.2, 0.25) is 0 Å². The van der Waals surface area contributed by atoms with Gasteiger partial charge in [-0.05, 0) is 67.5 Å². The molecule has 1 amide bonds. The van der Waals surface area contributed by atoms with Crippen LogP contribution in [0.4, 0.5) is 5.69 Å². The topological polar surface area (TPSA) is 47.6 Å². The molecule has 1 saturated heterocycles. The van der Waals surface area contributed by atoms with Crippen molar-refractivity contribution in [2.45, 2.75) is 38.2 Å². The summed E-state index contributed by atoms with van der Waals surface area (Å²) in [6.45, 7) is 1.29. The summed E-state index contributed by atoms with van der Waals surface area (Å²) in [5, 5.41) is 3.01. The first kappa shape index (κ1) is 16.2.